The lowest BCUT2D eigenvalue weighted by atomic mass is 10.1. The molecule has 8 heteroatoms. The summed E-state index contributed by atoms with van der Waals surface area (Å²) in [6.45, 7) is 2.77. The van der Waals surface area contributed by atoms with Crippen LogP contribution < -0.4 is 4.72 Å². The van der Waals surface area contributed by atoms with Crippen LogP contribution >= 0.6 is 0 Å². The van der Waals surface area contributed by atoms with E-state index in [9.17, 15) is 18.0 Å². The third-order valence-corrected chi connectivity index (χ3v) is 3.85. The number of carboxylic acids is 1. The van der Waals surface area contributed by atoms with E-state index in [0.717, 1.165) is 7.11 Å². The highest BCUT2D eigenvalue weighted by Gasteiger charge is 2.28. The van der Waals surface area contributed by atoms with Gasteiger partial charge in [0.05, 0.1) is 7.11 Å². The third-order valence-electron chi connectivity index (χ3n) is 2.15. The molecule has 17 heavy (non-hydrogen) atoms. The number of carbonyl (C=O) groups excluding carboxylic acids is 1. The molecule has 2 unspecified atom stereocenters. The van der Waals surface area contributed by atoms with Crippen molar-refractivity contribution in [3.8, 4) is 0 Å². The Bertz CT molecular complexity index is 377. The number of esters is 1. The monoisotopic (exact) mass is 267 g/mol. The van der Waals surface area contributed by atoms with E-state index in [1.165, 1.54) is 6.92 Å². The number of sulfonamides is 1. The van der Waals surface area contributed by atoms with Crippen molar-refractivity contribution in [2.75, 3.05) is 13.7 Å². The summed E-state index contributed by atoms with van der Waals surface area (Å²) in [5.41, 5.74) is 0. The minimum Gasteiger partial charge on any atom is -0.481 e. The smallest absolute Gasteiger partial charge is 0.325 e. The molecule has 0 amide bonds. The molecule has 0 bridgehead atoms. The topological polar surface area (TPSA) is 110 Å². The predicted molar refractivity (Wildman–Crippen MR) is 59.8 cm³/mol. The summed E-state index contributed by atoms with van der Waals surface area (Å²) >= 11 is 0. The number of ether oxygens (including phenoxy) is 1. The van der Waals surface area contributed by atoms with Gasteiger partial charge in [0, 0.05) is 13.0 Å². The van der Waals surface area contributed by atoms with E-state index >= 15 is 0 Å². The van der Waals surface area contributed by atoms with Gasteiger partial charge in [-0.1, -0.05) is 6.92 Å². The number of methoxy groups -OCH3 is 1. The highest BCUT2D eigenvalue weighted by Crippen LogP contribution is 2.04. The summed E-state index contributed by atoms with van der Waals surface area (Å²) in [4.78, 5) is 21.4. The van der Waals surface area contributed by atoms with E-state index in [1.807, 2.05) is 0 Å². The van der Waals surface area contributed by atoms with Crippen LogP contribution in [-0.4, -0.2) is 44.4 Å². The molecule has 2 N–H and O–H groups in total. The predicted octanol–water partition coefficient (Wildman–Crippen LogP) is -0.422. The van der Waals surface area contributed by atoms with Crippen molar-refractivity contribution >= 4 is 22.0 Å². The number of nitrogens with one attached hydrogen (secondary N) is 1. The Balaban J connectivity index is 4.37. The number of rotatable bonds is 7. The van der Waals surface area contributed by atoms with Gasteiger partial charge in [-0.25, -0.2) is 13.1 Å². The summed E-state index contributed by atoms with van der Waals surface area (Å²) in [6, 6.07) is 0. The van der Waals surface area contributed by atoms with Gasteiger partial charge in [-0.2, -0.15) is 0 Å². The Hall–Kier alpha value is -1.15. The van der Waals surface area contributed by atoms with E-state index < -0.39 is 27.2 Å². The molecule has 0 fully saturated rings. The van der Waals surface area contributed by atoms with E-state index in [2.05, 4.69) is 9.46 Å². The number of hydrogen-bond acceptors (Lipinski definition) is 5. The average Bonchev–Trinajstić information content (AvgIpc) is 2.23. The van der Waals surface area contributed by atoms with Crippen molar-refractivity contribution in [3.63, 3.8) is 0 Å². The molecular weight excluding hydrogens is 250 g/mol. The van der Waals surface area contributed by atoms with Gasteiger partial charge in [0.15, 0.2) is 5.25 Å². The van der Waals surface area contributed by atoms with E-state index in [-0.39, 0.29) is 18.9 Å². The van der Waals surface area contributed by atoms with Crippen LogP contribution in [0.2, 0.25) is 0 Å². The SMILES string of the molecule is COC(=O)C(C)S(=O)(=O)NCC(C)CC(=O)O. The van der Waals surface area contributed by atoms with Gasteiger partial charge in [0.1, 0.15) is 0 Å². The maximum Gasteiger partial charge on any atom is 0.325 e. The molecule has 0 aromatic rings. The second kappa shape index (κ2) is 6.55. The van der Waals surface area contributed by atoms with Crippen molar-refractivity contribution in [2.45, 2.75) is 25.5 Å². The summed E-state index contributed by atoms with van der Waals surface area (Å²) < 4.78 is 29.6. The van der Waals surface area contributed by atoms with Crippen LogP contribution in [0.3, 0.4) is 0 Å². The van der Waals surface area contributed by atoms with Gasteiger partial charge >= 0.3 is 11.9 Å². The van der Waals surface area contributed by atoms with Crippen molar-refractivity contribution < 1.29 is 27.9 Å². The lowest BCUT2D eigenvalue weighted by Crippen LogP contribution is -2.40. The summed E-state index contributed by atoms with van der Waals surface area (Å²) in [5, 5.41) is 7.18. The first kappa shape index (κ1) is 15.9. The highest BCUT2D eigenvalue weighted by molar-refractivity contribution is 7.90. The van der Waals surface area contributed by atoms with Crippen LogP contribution in [0.15, 0.2) is 0 Å². The van der Waals surface area contributed by atoms with Crippen molar-refractivity contribution in [1.82, 2.24) is 4.72 Å². The van der Waals surface area contributed by atoms with Crippen molar-refractivity contribution in [2.24, 2.45) is 5.92 Å². The Labute approximate surface area is 100 Å². The molecule has 0 saturated carbocycles. The van der Waals surface area contributed by atoms with Crippen LogP contribution in [0, 0.1) is 5.92 Å². The lowest BCUT2D eigenvalue weighted by Gasteiger charge is -2.14. The first-order valence-corrected chi connectivity index (χ1v) is 6.53. The first-order valence-electron chi connectivity index (χ1n) is 4.98. The molecule has 0 rings (SSSR count). The molecule has 0 aliphatic heterocycles. The van der Waals surface area contributed by atoms with Crippen LogP contribution in [-0.2, 0) is 24.3 Å². The molecule has 0 aliphatic rings. The molecule has 0 aromatic carbocycles. The van der Waals surface area contributed by atoms with E-state index in [4.69, 9.17) is 5.11 Å². The second-order valence-electron chi connectivity index (χ2n) is 3.76. The maximum atomic E-state index is 11.6. The zero-order valence-corrected chi connectivity index (χ0v) is 10.8. The Kier molecular flexibility index (Phi) is 6.11. The fourth-order valence-corrected chi connectivity index (χ4v) is 2.16. The molecule has 0 spiro atoms. The minimum atomic E-state index is -3.82. The second-order valence-corrected chi connectivity index (χ2v) is 5.85. The quantitative estimate of drug-likeness (QED) is 0.606. The molecule has 0 saturated heterocycles. The fraction of sp³-hybridized carbons (Fsp3) is 0.778. The molecule has 0 aromatic heterocycles. The highest BCUT2D eigenvalue weighted by atomic mass is 32.2. The van der Waals surface area contributed by atoms with Gasteiger partial charge in [-0.05, 0) is 12.8 Å². The summed E-state index contributed by atoms with van der Waals surface area (Å²) in [7, 11) is -2.72. The van der Waals surface area contributed by atoms with Crippen LogP contribution in [0.25, 0.3) is 0 Å². The van der Waals surface area contributed by atoms with Gasteiger partial charge in [-0.3, -0.25) is 9.59 Å². The fourth-order valence-electron chi connectivity index (χ4n) is 1.05. The number of carbonyl (C=O) groups is 2. The van der Waals surface area contributed by atoms with Crippen LogP contribution in [0.5, 0.6) is 0 Å². The normalized spacial score (nSPS) is 15.0. The van der Waals surface area contributed by atoms with E-state index in [1.54, 1.807) is 6.92 Å². The Morgan fingerprint density at radius 3 is 2.29 bits per heavy atom. The van der Waals surface area contributed by atoms with Gasteiger partial charge < -0.3 is 9.84 Å². The van der Waals surface area contributed by atoms with Crippen LogP contribution in [0.4, 0.5) is 0 Å². The molecule has 0 heterocycles. The van der Waals surface area contributed by atoms with Gasteiger partial charge in [0.25, 0.3) is 0 Å². The first-order chi connectivity index (χ1) is 7.70. The van der Waals surface area contributed by atoms with Gasteiger partial charge in [-0.15, -0.1) is 0 Å². The molecule has 2 atom stereocenters. The minimum absolute atomic E-state index is 0.0318. The summed E-state index contributed by atoms with van der Waals surface area (Å²) in [6.07, 6.45) is -0.144. The number of aliphatic carboxylic acids is 1. The number of carboxylic acid groups (broad SMARTS) is 1. The molecular formula is C9H17NO6S. The average molecular weight is 267 g/mol. The third kappa shape index (κ3) is 5.64. The number of hydrogen-bond donors (Lipinski definition) is 2. The van der Waals surface area contributed by atoms with Crippen LogP contribution in [0.1, 0.15) is 20.3 Å². The standard InChI is InChI=1S/C9H17NO6S/c1-6(4-8(11)12)5-10-17(14,15)7(2)9(13)16-3/h6-7,10H,4-5H2,1-3H3,(H,11,12). The largest absolute Gasteiger partial charge is 0.481 e. The zero-order chi connectivity index (χ0) is 13.6. The summed E-state index contributed by atoms with van der Waals surface area (Å²) in [5.74, 6) is -2.21. The van der Waals surface area contributed by atoms with E-state index in [0.29, 0.717) is 0 Å². The Morgan fingerprint density at radius 1 is 1.35 bits per heavy atom. The molecule has 7 nitrogen and oxygen atoms in total. The maximum absolute atomic E-state index is 11.6. The van der Waals surface area contributed by atoms with Crippen molar-refractivity contribution in [1.29, 1.82) is 0 Å². The molecule has 0 aliphatic carbocycles. The molecule has 100 valence electrons. The Morgan fingerprint density at radius 2 is 1.88 bits per heavy atom. The zero-order valence-electron chi connectivity index (χ0n) is 9.97. The van der Waals surface area contributed by atoms with Gasteiger partial charge in [0.2, 0.25) is 10.0 Å². The lowest BCUT2D eigenvalue weighted by molar-refractivity contribution is -0.140. The molecule has 0 radical (unpaired) electrons. The van der Waals surface area contributed by atoms with Crippen molar-refractivity contribution in [3.05, 3.63) is 0 Å².